The Bertz CT molecular complexity index is 1010. The Morgan fingerprint density at radius 1 is 1.13 bits per heavy atom. The molecule has 0 amide bonds. The minimum absolute atomic E-state index is 0.0272. The molecule has 0 fully saturated rings. The lowest BCUT2D eigenvalue weighted by atomic mass is 10.1. The standard InChI is InChI=1S/C12H23N2.C10H10N3O3S/c1-3-4-5-6-7-8-9-14-11-10-13(2)12-14;1-7-6-10(12-16-7)13-17(14,15)9-4-2-8(11)3-5-9/h10-12H,3-9H2,1-2H3;2-6H,11H2,1H3/q+1;-1. The average molecular weight is 448 g/mol. The molecule has 2 aromatic heterocycles. The van der Waals surface area contributed by atoms with Crippen molar-refractivity contribution in [3.8, 4) is 0 Å². The Balaban J connectivity index is 0.000000225. The highest BCUT2D eigenvalue weighted by Crippen LogP contribution is 2.27. The van der Waals surface area contributed by atoms with Crippen LogP contribution in [0.2, 0.25) is 0 Å². The Morgan fingerprint density at radius 2 is 1.81 bits per heavy atom. The van der Waals surface area contributed by atoms with Gasteiger partial charge in [0.2, 0.25) is 16.4 Å². The monoisotopic (exact) mass is 447 g/mol. The number of aryl methyl sites for hydroxylation is 3. The van der Waals surface area contributed by atoms with Gasteiger partial charge in [0.15, 0.2) is 0 Å². The van der Waals surface area contributed by atoms with Crippen LogP contribution in [-0.4, -0.2) is 18.1 Å². The Hall–Kier alpha value is -2.81. The summed E-state index contributed by atoms with van der Waals surface area (Å²) in [6, 6.07) is 7.21. The summed E-state index contributed by atoms with van der Waals surface area (Å²) in [6.07, 6.45) is 14.6. The van der Waals surface area contributed by atoms with Gasteiger partial charge in [-0.2, -0.15) is 0 Å². The molecule has 3 aromatic rings. The van der Waals surface area contributed by atoms with Crippen LogP contribution in [0.3, 0.4) is 0 Å². The van der Waals surface area contributed by atoms with Crippen molar-refractivity contribution in [2.24, 2.45) is 7.05 Å². The summed E-state index contributed by atoms with van der Waals surface area (Å²) < 4.78 is 36.3. The van der Waals surface area contributed by atoms with E-state index in [9.17, 15) is 8.42 Å². The van der Waals surface area contributed by atoms with Crippen LogP contribution in [0.5, 0.6) is 0 Å². The number of benzene rings is 1. The van der Waals surface area contributed by atoms with Crippen LogP contribution >= 0.6 is 0 Å². The average Bonchev–Trinajstić information content (AvgIpc) is 3.32. The molecule has 0 atom stereocenters. The lowest BCUT2D eigenvalue weighted by molar-refractivity contribution is -0.671. The van der Waals surface area contributed by atoms with Gasteiger partial charge in [0, 0.05) is 5.69 Å². The first-order chi connectivity index (χ1) is 14.8. The fraction of sp³-hybridized carbons (Fsp3) is 0.455. The number of anilines is 1. The van der Waals surface area contributed by atoms with E-state index in [1.165, 1.54) is 75.4 Å². The summed E-state index contributed by atoms with van der Waals surface area (Å²) in [7, 11) is -1.70. The van der Waals surface area contributed by atoms with Gasteiger partial charge in [-0.25, -0.2) is 17.6 Å². The number of imidazole rings is 1. The third-order valence-electron chi connectivity index (χ3n) is 4.60. The van der Waals surface area contributed by atoms with Gasteiger partial charge in [-0.3, -0.25) is 5.16 Å². The third kappa shape index (κ3) is 8.84. The summed E-state index contributed by atoms with van der Waals surface area (Å²) in [5.41, 5.74) is 5.96. The first kappa shape index (κ1) is 24.5. The van der Waals surface area contributed by atoms with E-state index in [0.717, 1.165) is 0 Å². The van der Waals surface area contributed by atoms with Crippen molar-refractivity contribution in [1.29, 1.82) is 0 Å². The van der Waals surface area contributed by atoms with Crippen molar-refractivity contribution in [3.63, 3.8) is 0 Å². The van der Waals surface area contributed by atoms with Gasteiger partial charge in [-0.15, -0.1) is 0 Å². The normalized spacial score (nSPS) is 11.1. The number of hydrogen-bond acceptors (Lipinski definition) is 5. The van der Waals surface area contributed by atoms with Gasteiger partial charge in [-0.1, -0.05) is 32.6 Å². The van der Waals surface area contributed by atoms with Crippen molar-refractivity contribution in [1.82, 2.24) is 9.72 Å². The topological polar surface area (TPSA) is 109 Å². The van der Waals surface area contributed by atoms with Crippen molar-refractivity contribution in [3.05, 3.63) is 59.5 Å². The molecule has 2 heterocycles. The highest BCUT2D eigenvalue weighted by Gasteiger charge is 2.09. The molecule has 0 saturated heterocycles. The number of sulfonamides is 1. The molecule has 0 aliphatic rings. The van der Waals surface area contributed by atoms with Gasteiger partial charge in [0.1, 0.15) is 18.2 Å². The van der Waals surface area contributed by atoms with Gasteiger partial charge in [0.25, 0.3) is 0 Å². The highest BCUT2D eigenvalue weighted by atomic mass is 32.2. The molecular formula is C22H33N5O3S. The number of aromatic nitrogens is 3. The molecule has 0 aliphatic heterocycles. The Morgan fingerprint density at radius 3 is 2.39 bits per heavy atom. The predicted octanol–water partition coefficient (Wildman–Crippen LogP) is 4.63. The third-order valence-corrected chi connectivity index (χ3v) is 5.90. The molecule has 0 saturated carbocycles. The van der Waals surface area contributed by atoms with Gasteiger partial charge in [-0.05, 0) is 55.9 Å². The zero-order chi connectivity index (χ0) is 22.7. The lowest BCUT2D eigenvalue weighted by Crippen LogP contribution is -2.23. The maximum Gasteiger partial charge on any atom is 0.243 e. The first-order valence-electron chi connectivity index (χ1n) is 10.6. The van der Waals surface area contributed by atoms with Gasteiger partial charge < -0.3 is 15.0 Å². The minimum Gasteiger partial charge on any atom is -0.460 e. The fourth-order valence-corrected chi connectivity index (χ4v) is 3.84. The zero-order valence-corrected chi connectivity index (χ0v) is 19.4. The van der Waals surface area contributed by atoms with E-state index in [1.54, 1.807) is 6.92 Å². The van der Waals surface area contributed by atoms with Gasteiger partial charge in [0.05, 0.1) is 18.5 Å². The fourth-order valence-electron chi connectivity index (χ4n) is 2.92. The summed E-state index contributed by atoms with van der Waals surface area (Å²) in [6.45, 7) is 5.09. The van der Waals surface area contributed by atoms with E-state index in [1.807, 2.05) is 0 Å². The second kappa shape index (κ2) is 12.1. The zero-order valence-electron chi connectivity index (χ0n) is 18.6. The van der Waals surface area contributed by atoms with Crippen LogP contribution in [0, 0.1) is 6.92 Å². The molecule has 9 heteroatoms. The molecule has 0 unspecified atom stereocenters. The lowest BCUT2D eigenvalue weighted by Gasteiger charge is -2.11. The molecule has 3 rings (SSSR count). The summed E-state index contributed by atoms with van der Waals surface area (Å²) in [4.78, 5) is 0.0624. The maximum absolute atomic E-state index is 11.8. The van der Waals surface area contributed by atoms with E-state index in [0.29, 0.717) is 11.4 Å². The van der Waals surface area contributed by atoms with Crippen LogP contribution in [0.1, 0.15) is 51.2 Å². The largest absolute Gasteiger partial charge is 0.460 e. The van der Waals surface area contributed by atoms with Crippen LogP contribution in [0.4, 0.5) is 11.5 Å². The summed E-state index contributed by atoms with van der Waals surface area (Å²) in [5.74, 6) is 0.524. The van der Waals surface area contributed by atoms with Crippen molar-refractivity contribution < 1.29 is 17.5 Å². The van der Waals surface area contributed by atoms with Crippen LogP contribution < -0.4 is 10.3 Å². The number of hydrogen-bond donors (Lipinski definition) is 1. The van der Waals surface area contributed by atoms with E-state index < -0.39 is 10.0 Å². The highest BCUT2D eigenvalue weighted by molar-refractivity contribution is 7.94. The quantitative estimate of drug-likeness (QED) is 0.277. The molecule has 0 bridgehead atoms. The molecule has 1 aromatic carbocycles. The van der Waals surface area contributed by atoms with Crippen LogP contribution in [0.15, 0.2) is 58.5 Å². The molecule has 170 valence electrons. The number of unbranched alkanes of at least 4 members (excludes halogenated alkanes) is 5. The first-order valence-corrected chi connectivity index (χ1v) is 12.0. The molecule has 31 heavy (non-hydrogen) atoms. The molecule has 0 spiro atoms. The summed E-state index contributed by atoms with van der Waals surface area (Å²) in [5, 5.41) is 3.50. The maximum atomic E-state index is 11.8. The van der Waals surface area contributed by atoms with E-state index in [4.69, 9.17) is 10.3 Å². The van der Waals surface area contributed by atoms with Crippen LogP contribution in [-0.2, 0) is 23.6 Å². The number of rotatable bonds is 10. The Labute approximate surface area is 185 Å². The van der Waals surface area contributed by atoms with E-state index in [2.05, 4.69) is 51.7 Å². The van der Waals surface area contributed by atoms with Gasteiger partial charge >= 0.3 is 0 Å². The number of nitrogens with two attached hydrogens (primary N) is 1. The van der Waals surface area contributed by atoms with Crippen LogP contribution in [0.25, 0.3) is 4.72 Å². The second-order valence-electron chi connectivity index (χ2n) is 7.52. The minimum atomic E-state index is -3.77. The van der Waals surface area contributed by atoms with Crippen molar-refractivity contribution in [2.75, 3.05) is 5.73 Å². The van der Waals surface area contributed by atoms with E-state index in [-0.39, 0.29) is 10.7 Å². The molecule has 8 nitrogen and oxygen atoms in total. The SMILES string of the molecule is CCCCCCCCn1cc[n+](C)c1.Cc1cc([N-]S(=O)(=O)c2ccc(N)cc2)no1. The second-order valence-corrected chi connectivity index (χ2v) is 9.12. The Kier molecular flexibility index (Phi) is 9.58. The summed E-state index contributed by atoms with van der Waals surface area (Å²) >= 11 is 0. The van der Waals surface area contributed by atoms with E-state index >= 15 is 0 Å². The smallest absolute Gasteiger partial charge is 0.243 e. The van der Waals surface area contributed by atoms with Crippen molar-refractivity contribution in [2.45, 2.75) is 63.8 Å². The predicted molar refractivity (Wildman–Crippen MR) is 121 cm³/mol. The number of nitrogen functional groups attached to an aromatic ring is 1. The molecule has 0 radical (unpaired) electrons. The molecular weight excluding hydrogens is 414 g/mol. The molecule has 2 N–H and O–H groups in total. The molecule has 0 aliphatic carbocycles. The van der Waals surface area contributed by atoms with Crippen molar-refractivity contribution >= 4 is 21.5 Å². The number of nitrogens with zero attached hydrogens (tertiary/aromatic N) is 4.